The predicted molar refractivity (Wildman–Crippen MR) is 114 cm³/mol. The number of nitrogens with zero attached hydrogens (tertiary/aromatic N) is 2. The second-order valence-electron chi connectivity index (χ2n) is 6.59. The Morgan fingerprint density at radius 3 is 2.60 bits per heavy atom. The minimum Gasteiger partial charge on any atom is -0.457 e. The fraction of sp³-hybridized carbons (Fsp3) is 0.250. The number of carbonyl (C=O) groups excluding carboxylic acids is 3. The van der Waals surface area contributed by atoms with Gasteiger partial charge in [0, 0.05) is 24.7 Å². The average molecular weight is 467 g/mol. The van der Waals surface area contributed by atoms with Crippen molar-refractivity contribution in [3.63, 3.8) is 0 Å². The smallest absolute Gasteiger partial charge is 0.294 e. The van der Waals surface area contributed by atoms with Crippen molar-refractivity contribution in [1.82, 2.24) is 9.80 Å². The van der Waals surface area contributed by atoms with Crippen LogP contribution in [-0.4, -0.2) is 59.7 Å². The van der Waals surface area contributed by atoms with E-state index in [0.29, 0.717) is 47.9 Å². The molecule has 2 aromatic rings. The molecule has 0 radical (unpaired) electrons. The van der Waals surface area contributed by atoms with Crippen LogP contribution in [0.5, 0.6) is 0 Å². The zero-order chi connectivity index (χ0) is 21.3. The molecular weight excluding hydrogens is 451 g/mol. The highest BCUT2D eigenvalue weighted by molar-refractivity contribution is 8.18. The molecule has 156 valence electrons. The molecule has 1 aromatic heterocycles. The molecule has 2 saturated heterocycles. The molecule has 2 fully saturated rings. The molecule has 10 heteroatoms. The molecule has 0 spiro atoms. The van der Waals surface area contributed by atoms with Gasteiger partial charge in [-0.25, -0.2) is 0 Å². The van der Waals surface area contributed by atoms with E-state index >= 15 is 0 Å². The first-order valence-electron chi connectivity index (χ1n) is 9.08. The molecule has 2 aliphatic rings. The fourth-order valence-electron chi connectivity index (χ4n) is 3.05. The molecule has 3 heterocycles. The normalized spacial score (nSPS) is 18.5. The summed E-state index contributed by atoms with van der Waals surface area (Å²) in [5.41, 5.74) is 0.730. The van der Waals surface area contributed by atoms with Crippen LogP contribution in [-0.2, 0) is 14.3 Å². The van der Waals surface area contributed by atoms with Crippen molar-refractivity contribution in [1.29, 1.82) is 0 Å². The van der Waals surface area contributed by atoms with Crippen LogP contribution >= 0.6 is 35.0 Å². The number of halogens is 2. The molecule has 1 aromatic carbocycles. The largest absolute Gasteiger partial charge is 0.457 e. The minimum atomic E-state index is -0.515. The number of carbonyl (C=O) groups is 3. The highest BCUT2D eigenvalue weighted by atomic mass is 35.5. The number of morpholine rings is 1. The van der Waals surface area contributed by atoms with Gasteiger partial charge in [-0.1, -0.05) is 23.2 Å². The molecule has 0 bridgehead atoms. The molecule has 0 saturated carbocycles. The van der Waals surface area contributed by atoms with Crippen LogP contribution in [0.4, 0.5) is 4.79 Å². The van der Waals surface area contributed by atoms with Crippen LogP contribution in [0.3, 0.4) is 0 Å². The third-order valence-electron chi connectivity index (χ3n) is 4.64. The first-order chi connectivity index (χ1) is 14.4. The maximum absolute atomic E-state index is 12.6. The van der Waals surface area contributed by atoms with Gasteiger partial charge < -0.3 is 14.1 Å². The van der Waals surface area contributed by atoms with E-state index in [4.69, 9.17) is 32.4 Å². The lowest BCUT2D eigenvalue weighted by Crippen LogP contribution is -2.46. The topological polar surface area (TPSA) is 80.1 Å². The summed E-state index contributed by atoms with van der Waals surface area (Å²) in [5, 5.41) is 0.356. The van der Waals surface area contributed by atoms with Crippen molar-refractivity contribution in [3.8, 4) is 11.3 Å². The monoisotopic (exact) mass is 466 g/mol. The van der Waals surface area contributed by atoms with Crippen LogP contribution in [0.1, 0.15) is 5.76 Å². The first-order valence-corrected chi connectivity index (χ1v) is 10.7. The Balaban J connectivity index is 1.47. The summed E-state index contributed by atoms with van der Waals surface area (Å²) >= 11 is 12.8. The van der Waals surface area contributed by atoms with Crippen LogP contribution in [0.15, 0.2) is 39.7 Å². The average Bonchev–Trinajstić information content (AvgIpc) is 3.31. The van der Waals surface area contributed by atoms with E-state index in [2.05, 4.69) is 0 Å². The van der Waals surface area contributed by atoms with Gasteiger partial charge in [0.05, 0.1) is 28.2 Å². The maximum atomic E-state index is 12.6. The van der Waals surface area contributed by atoms with E-state index in [1.165, 1.54) is 6.08 Å². The van der Waals surface area contributed by atoms with E-state index in [1.54, 1.807) is 35.2 Å². The Kier molecular flexibility index (Phi) is 6.19. The van der Waals surface area contributed by atoms with Gasteiger partial charge in [-0.15, -0.1) is 0 Å². The van der Waals surface area contributed by atoms with E-state index in [-0.39, 0.29) is 17.4 Å². The lowest BCUT2D eigenvalue weighted by atomic mass is 10.2. The van der Waals surface area contributed by atoms with Crippen molar-refractivity contribution in [2.75, 3.05) is 32.8 Å². The molecule has 0 N–H and O–H groups in total. The van der Waals surface area contributed by atoms with Gasteiger partial charge in [0.15, 0.2) is 0 Å². The Bertz CT molecular complexity index is 1050. The Morgan fingerprint density at radius 1 is 1.10 bits per heavy atom. The summed E-state index contributed by atoms with van der Waals surface area (Å²) in [6, 6.07) is 8.53. The van der Waals surface area contributed by atoms with E-state index in [1.807, 2.05) is 0 Å². The summed E-state index contributed by atoms with van der Waals surface area (Å²) in [7, 11) is 0. The standard InChI is InChI=1S/C20H16Cl2N2O5S/c21-14-3-1-12(9-15(14)22)16-4-2-13(29-16)10-17-19(26)24(20(27)30-17)11-18(25)23-5-7-28-8-6-23/h1-4,9-10H,5-8,11H2/b17-10-. The highest BCUT2D eigenvalue weighted by Crippen LogP contribution is 2.34. The number of rotatable bonds is 4. The Hall–Kier alpha value is -2.26. The van der Waals surface area contributed by atoms with Gasteiger partial charge in [-0.2, -0.15) is 0 Å². The molecule has 7 nitrogen and oxygen atoms in total. The second-order valence-corrected chi connectivity index (χ2v) is 8.40. The first kappa shape index (κ1) is 21.0. The number of ether oxygens (including phenoxy) is 1. The van der Waals surface area contributed by atoms with Gasteiger partial charge in [0.2, 0.25) is 5.91 Å². The number of imide groups is 1. The van der Waals surface area contributed by atoms with Crippen LogP contribution < -0.4 is 0 Å². The number of thioether (sulfide) groups is 1. The zero-order valence-electron chi connectivity index (χ0n) is 15.6. The van der Waals surface area contributed by atoms with Gasteiger partial charge in [0.1, 0.15) is 18.1 Å². The third-order valence-corrected chi connectivity index (χ3v) is 6.28. The van der Waals surface area contributed by atoms with Crippen molar-refractivity contribution in [2.24, 2.45) is 0 Å². The SMILES string of the molecule is O=C(CN1C(=O)S/C(=C\c2ccc(-c3ccc(Cl)c(Cl)c3)o2)C1=O)N1CCOCC1. The van der Waals surface area contributed by atoms with Crippen LogP contribution in [0.25, 0.3) is 17.4 Å². The van der Waals surface area contributed by atoms with E-state index in [9.17, 15) is 14.4 Å². The lowest BCUT2D eigenvalue weighted by Gasteiger charge is -2.27. The van der Waals surface area contributed by atoms with Crippen molar-refractivity contribution in [2.45, 2.75) is 0 Å². The van der Waals surface area contributed by atoms with E-state index in [0.717, 1.165) is 22.2 Å². The van der Waals surface area contributed by atoms with Crippen molar-refractivity contribution >= 4 is 58.1 Å². The van der Waals surface area contributed by atoms with E-state index < -0.39 is 11.1 Å². The van der Waals surface area contributed by atoms with Gasteiger partial charge >= 0.3 is 0 Å². The van der Waals surface area contributed by atoms with Crippen molar-refractivity contribution < 1.29 is 23.5 Å². The predicted octanol–water partition coefficient (Wildman–Crippen LogP) is 4.15. The van der Waals surface area contributed by atoms with Crippen molar-refractivity contribution in [3.05, 3.63) is 51.0 Å². The van der Waals surface area contributed by atoms with Crippen LogP contribution in [0, 0.1) is 0 Å². The molecule has 0 unspecified atom stereocenters. The van der Waals surface area contributed by atoms with Gasteiger partial charge in [0.25, 0.3) is 11.1 Å². The second kappa shape index (κ2) is 8.85. The summed E-state index contributed by atoms with van der Waals surface area (Å²) in [5.74, 6) is 0.156. The number of hydrogen-bond donors (Lipinski definition) is 0. The molecule has 2 aliphatic heterocycles. The molecule has 0 aliphatic carbocycles. The minimum absolute atomic E-state index is 0.199. The summed E-state index contributed by atoms with van der Waals surface area (Å²) in [4.78, 5) is 40.0. The zero-order valence-corrected chi connectivity index (χ0v) is 17.9. The Morgan fingerprint density at radius 2 is 1.87 bits per heavy atom. The number of benzene rings is 1. The van der Waals surface area contributed by atoms with Gasteiger partial charge in [-0.05, 0) is 42.1 Å². The molecular formula is C20H16Cl2N2O5S. The molecule has 0 atom stereocenters. The fourth-order valence-corrected chi connectivity index (χ4v) is 4.16. The summed E-state index contributed by atoms with van der Waals surface area (Å²) in [6.45, 7) is 1.53. The third kappa shape index (κ3) is 4.41. The number of hydrogen-bond acceptors (Lipinski definition) is 6. The Labute approximate surface area is 186 Å². The highest BCUT2D eigenvalue weighted by Gasteiger charge is 2.37. The lowest BCUT2D eigenvalue weighted by molar-refractivity contribution is -0.139. The summed E-state index contributed by atoms with van der Waals surface area (Å²) < 4.78 is 11.0. The molecule has 3 amide bonds. The van der Waals surface area contributed by atoms with Gasteiger partial charge in [-0.3, -0.25) is 19.3 Å². The number of furan rings is 1. The van der Waals surface area contributed by atoms with Crippen LogP contribution in [0.2, 0.25) is 10.0 Å². The summed E-state index contributed by atoms with van der Waals surface area (Å²) in [6.07, 6.45) is 1.49. The molecule has 4 rings (SSSR count). The maximum Gasteiger partial charge on any atom is 0.294 e. The number of amides is 3. The molecule has 30 heavy (non-hydrogen) atoms. The quantitative estimate of drug-likeness (QED) is 0.629.